The Morgan fingerprint density at radius 2 is 1.79 bits per heavy atom. The van der Waals surface area contributed by atoms with E-state index in [4.69, 9.17) is 9.47 Å². The predicted molar refractivity (Wildman–Crippen MR) is 112 cm³/mol. The van der Waals surface area contributed by atoms with Crippen molar-refractivity contribution in [1.82, 2.24) is 9.80 Å². The SMILES string of the molecule is COc1ccc(CN2CCN(Cc3ccccc3C)[C@H](CCO)C2)cc1OC. The van der Waals surface area contributed by atoms with Crippen molar-refractivity contribution in [3.63, 3.8) is 0 Å². The summed E-state index contributed by atoms with van der Waals surface area (Å²) in [5, 5.41) is 9.58. The molecule has 28 heavy (non-hydrogen) atoms. The number of rotatable bonds is 8. The first-order valence-electron chi connectivity index (χ1n) is 9.97. The Kier molecular flexibility index (Phi) is 7.31. The predicted octanol–water partition coefficient (Wildman–Crippen LogP) is 3.08. The fourth-order valence-electron chi connectivity index (χ4n) is 3.98. The lowest BCUT2D eigenvalue weighted by molar-refractivity contribution is 0.0498. The molecule has 0 saturated carbocycles. The van der Waals surface area contributed by atoms with Crippen molar-refractivity contribution in [1.29, 1.82) is 0 Å². The molecule has 152 valence electrons. The third-order valence-electron chi connectivity index (χ3n) is 5.64. The van der Waals surface area contributed by atoms with Gasteiger partial charge in [-0.2, -0.15) is 0 Å². The second kappa shape index (κ2) is 9.92. The minimum absolute atomic E-state index is 0.221. The van der Waals surface area contributed by atoms with E-state index in [1.165, 1.54) is 16.7 Å². The van der Waals surface area contributed by atoms with Crippen LogP contribution in [0, 0.1) is 6.92 Å². The number of ether oxygens (including phenoxy) is 2. The summed E-state index contributed by atoms with van der Waals surface area (Å²) < 4.78 is 10.8. The Labute approximate surface area is 168 Å². The first-order chi connectivity index (χ1) is 13.6. The third kappa shape index (κ3) is 5.04. The molecule has 0 aliphatic carbocycles. The summed E-state index contributed by atoms with van der Waals surface area (Å²) in [6.45, 7) is 7.19. The summed E-state index contributed by atoms with van der Waals surface area (Å²) in [7, 11) is 3.33. The Morgan fingerprint density at radius 3 is 2.50 bits per heavy atom. The van der Waals surface area contributed by atoms with Crippen LogP contribution in [0.25, 0.3) is 0 Å². The largest absolute Gasteiger partial charge is 0.493 e. The summed E-state index contributed by atoms with van der Waals surface area (Å²) in [5.74, 6) is 1.53. The van der Waals surface area contributed by atoms with Crippen LogP contribution in [0.3, 0.4) is 0 Å². The quantitative estimate of drug-likeness (QED) is 0.758. The van der Waals surface area contributed by atoms with Crippen molar-refractivity contribution in [3.8, 4) is 11.5 Å². The molecule has 0 radical (unpaired) electrons. The lowest BCUT2D eigenvalue weighted by Crippen LogP contribution is -2.52. The van der Waals surface area contributed by atoms with Gasteiger partial charge in [-0.05, 0) is 42.2 Å². The molecule has 0 unspecified atom stereocenters. The maximum atomic E-state index is 9.58. The fraction of sp³-hybridized carbons (Fsp3) is 0.478. The van der Waals surface area contributed by atoms with E-state index in [2.05, 4.69) is 53.1 Å². The van der Waals surface area contributed by atoms with Gasteiger partial charge in [-0.15, -0.1) is 0 Å². The van der Waals surface area contributed by atoms with E-state index in [0.717, 1.165) is 50.6 Å². The Balaban J connectivity index is 1.66. The van der Waals surface area contributed by atoms with Crippen LogP contribution in [0.15, 0.2) is 42.5 Å². The van der Waals surface area contributed by atoms with Crippen LogP contribution >= 0.6 is 0 Å². The molecule has 5 nitrogen and oxygen atoms in total. The van der Waals surface area contributed by atoms with Crippen LogP contribution in [0.5, 0.6) is 11.5 Å². The standard InChI is InChI=1S/C23H32N2O3/c1-18-6-4-5-7-20(18)16-25-12-11-24(17-21(25)10-13-26)15-19-8-9-22(27-2)23(14-19)28-3/h4-9,14,21,26H,10-13,15-17H2,1-3H3/t21-/m1/s1. The lowest BCUT2D eigenvalue weighted by atomic mass is 10.0. The Hall–Kier alpha value is -2.08. The Morgan fingerprint density at radius 1 is 1.00 bits per heavy atom. The summed E-state index contributed by atoms with van der Waals surface area (Å²) in [6, 6.07) is 15.1. The summed E-state index contributed by atoms with van der Waals surface area (Å²) in [4.78, 5) is 4.99. The summed E-state index contributed by atoms with van der Waals surface area (Å²) in [6.07, 6.45) is 0.800. The monoisotopic (exact) mass is 384 g/mol. The molecule has 5 heteroatoms. The van der Waals surface area contributed by atoms with Gasteiger partial charge in [0, 0.05) is 45.4 Å². The molecule has 1 saturated heterocycles. The van der Waals surface area contributed by atoms with Crippen LogP contribution in [-0.4, -0.2) is 61.4 Å². The number of aliphatic hydroxyl groups is 1. The van der Waals surface area contributed by atoms with E-state index in [1.807, 2.05) is 6.07 Å². The van der Waals surface area contributed by atoms with Gasteiger partial charge in [0.2, 0.25) is 0 Å². The Bertz CT molecular complexity index is 765. The van der Waals surface area contributed by atoms with Gasteiger partial charge < -0.3 is 14.6 Å². The third-order valence-corrected chi connectivity index (χ3v) is 5.64. The van der Waals surface area contributed by atoms with Crippen molar-refractivity contribution >= 4 is 0 Å². The van der Waals surface area contributed by atoms with E-state index in [9.17, 15) is 5.11 Å². The van der Waals surface area contributed by atoms with Crippen molar-refractivity contribution in [2.75, 3.05) is 40.5 Å². The van der Waals surface area contributed by atoms with Gasteiger partial charge in [0.25, 0.3) is 0 Å². The van der Waals surface area contributed by atoms with E-state index >= 15 is 0 Å². The molecule has 3 rings (SSSR count). The van der Waals surface area contributed by atoms with E-state index in [0.29, 0.717) is 6.04 Å². The zero-order chi connectivity index (χ0) is 19.9. The second-order valence-electron chi connectivity index (χ2n) is 7.49. The van der Waals surface area contributed by atoms with Gasteiger partial charge in [-0.3, -0.25) is 9.80 Å². The van der Waals surface area contributed by atoms with Crippen molar-refractivity contribution in [2.45, 2.75) is 32.5 Å². The molecule has 0 spiro atoms. The highest BCUT2D eigenvalue weighted by atomic mass is 16.5. The molecule has 1 heterocycles. The van der Waals surface area contributed by atoms with Crippen LogP contribution in [0.2, 0.25) is 0 Å². The average molecular weight is 385 g/mol. The second-order valence-corrected chi connectivity index (χ2v) is 7.49. The number of nitrogens with zero attached hydrogens (tertiary/aromatic N) is 2. The highest BCUT2D eigenvalue weighted by molar-refractivity contribution is 5.42. The van der Waals surface area contributed by atoms with E-state index < -0.39 is 0 Å². The zero-order valence-electron chi connectivity index (χ0n) is 17.2. The average Bonchev–Trinajstić information content (AvgIpc) is 2.71. The van der Waals surface area contributed by atoms with Crippen molar-refractivity contribution in [3.05, 3.63) is 59.2 Å². The van der Waals surface area contributed by atoms with Gasteiger partial charge >= 0.3 is 0 Å². The number of methoxy groups -OCH3 is 2. The number of benzene rings is 2. The van der Waals surface area contributed by atoms with Crippen LogP contribution in [0.1, 0.15) is 23.1 Å². The van der Waals surface area contributed by atoms with E-state index in [-0.39, 0.29) is 6.61 Å². The minimum Gasteiger partial charge on any atom is -0.493 e. The van der Waals surface area contributed by atoms with Gasteiger partial charge in [0.15, 0.2) is 11.5 Å². The normalized spacial score (nSPS) is 18.2. The molecular weight excluding hydrogens is 352 g/mol. The molecular formula is C23H32N2O3. The first kappa shape index (κ1) is 20.6. The van der Waals surface area contributed by atoms with Gasteiger partial charge in [0.05, 0.1) is 14.2 Å². The topological polar surface area (TPSA) is 45.2 Å². The maximum Gasteiger partial charge on any atom is 0.161 e. The molecule has 2 aromatic carbocycles. The zero-order valence-corrected chi connectivity index (χ0v) is 17.2. The van der Waals surface area contributed by atoms with Crippen molar-refractivity contribution < 1.29 is 14.6 Å². The summed E-state index contributed by atoms with van der Waals surface area (Å²) >= 11 is 0. The van der Waals surface area contributed by atoms with Crippen LogP contribution in [0.4, 0.5) is 0 Å². The fourth-order valence-corrected chi connectivity index (χ4v) is 3.98. The molecule has 1 aliphatic heterocycles. The van der Waals surface area contributed by atoms with Gasteiger partial charge in [-0.1, -0.05) is 30.3 Å². The molecule has 1 N–H and O–H groups in total. The highest BCUT2D eigenvalue weighted by Gasteiger charge is 2.27. The van der Waals surface area contributed by atoms with Crippen LogP contribution < -0.4 is 9.47 Å². The van der Waals surface area contributed by atoms with Gasteiger partial charge in [-0.25, -0.2) is 0 Å². The maximum absolute atomic E-state index is 9.58. The van der Waals surface area contributed by atoms with Gasteiger partial charge in [0.1, 0.15) is 0 Å². The molecule has 0 aromatic heterocycles. The van der Waals surface area contributed by atoms with Crippen molar-refractivity contribution in [2.24, 2.45) is 0 Å². The highest BCUT2D eigenvalue weighted by Crippen LogP contribution is 2.28. The number of hydrogen-bond donors (Lipinski definition) is 1. The first-order valence-corrected chi connectivity index (χ1v) is 9.97. The minimum atomic E-state index is 0.221. The molecule has 1 atom stereocenters. The molecule has 2 aromatic rings. The molecule has 0 bridgehead atoms. The molecule has 1 fully saturated rings. The number of piperazine rings is 1. The molecule has 0 amide bonds. The van der Waals surface area contributed by atoms with E-state index in [1.54, 1.807) is 14.2 Å². The van der Waals surface area contributed by atoms with Crippen LogP contribution in [-0.2, 0) is 13.1 Å². The number of aliphatic hydroxyl groups excluding tert-OH is 1. The smallest absolute Gasteiger partial charge is 0.161 e. The lowest BCUT2D eigenvalue weighted by Gasteiger charge is -2.41. The molecule has 1 aliphatic rings. The summed E-state index contributed by atoms with van der Waals surface area (Å²) in [5.41, 5.74) is 3.92. The number of aryl methyl sites for hydroxylation is 1. The number of hydrogen-bond acceptors (Lipinski definition) is 5.